The molecule has 0 bridgehead atoms. The van der Waals surface area contributed by atoms with Gasteiger partial charge in [0.25, 0.3) is 0 Å². The number of methoxy groups -OCH3 is 1. The van der Waals surface area contributed by atoms with Crippen LogP contribution in [0, 0.1) is 0 Å². The molecule has 1 N–H and O–H groups in total. The molecule has 0 saturated heterocycles. The molecule has 7 heteroatoms. The first kappa shape index (κ1) is 16.7. The monoisotopic (exact) mass is 359 g/mol. The molecule has 0 radical (unpaired) electrons. The second kappa shape index (κ2) is 6.87. The van der Waals surface area contributed by atoms with Crippen LogP contribution in [0.25, 0.3) is 22.4 Å². The lowest BCUT2D eigenvalue weighted by Crippen LogP contribution is -2.07. The maximum absolute atomic E-state index is 12.1. The zero-order valence-corrected chi connectivity index (χ0v) is 14.9. The number of carbonyl (C=O) groups is 1. The number of hydrogen-bond donors (Lipinski definition) is 1. The molecular formula is C20H17N5O2. The summed E-state index contributed by atoms with van der Waals surface area (Å²) >= 11 is 0. The van der Waals surface area contributed by atoms with Crippen LogP contribution < -0.4 is 5.32 Å². The number of carbonyl (C=O) groups excluding carboxylic acids is 1. The quantitative estimate of drug-likeness (QED) is 0.561. The molecule has 0 unspecified atom stereocenters. The van der Waals surface area contributed by atoms with Crippen LogP contribution in [0.1, 0.15) is 10.4 Å². The van der Waals surface area contributed by atoms with Crippen LogP contribution >= 0.6 is 0 Å². The first-order valence-electron chi connectivity index (χ1n) is 8.37. The summed E-state index contributed by atoms with van der Waals surface area (Å²) in [5.74, 6) is 0.728. The normalized spacial score (nSPS) is 10.7. The van der Waals surface area contributed by atoms with Crippen molar-refractivity contribution >= 4 is 28.5 Å². The van der Waals surface area contributed by atoms with E-state index in [1.165, 1.54) is 7.11 Å². The predicted molar refractivity (Wildman–Crippen MR) is 103 cm³/mol. The molecule has 0 aliphatic heterocycles. The Labute approximate surface area is 155 Å². The number of aromatic nitrogens is 4. The van der Waals surface area contributed by atoms with Crippen molar-refractivity contribution < 1.29 is 9.53 Å². The SMILES string of the molecule is COC(=O)c1ccccc1Nc1nc(-c2ccccc2)nc2c1cnn2C. The van der Waals surface area contributed by atoms with E-state index in [-0.39, 0.29) is 0 Å². The first-order valence-corrected chi connectivity index (χ1v) is 8.37. The Morgan fingerprint density at radius 3 is 2.56 bits per heavy atom. The van der Waals surface area contributed by atoms with E-state index in [9.17, 15) is 4.79 Å². The van der Waals surface area contributed by atoms with Gasteiger partial charge in [0, 0.05) is 12.6 Å². The van der Waals surface area contributed by atoms with E-state index in [2.05, 4.69) is 20.4 Å². The summed E-state index contributed by atoms with van der Waals surface area (Å²) in [7, 11) is 3.19. The van der Waals surface area contributed by atoms with Gasteiger partial charge in [-0.25, -0.2) is 14.8 Å². The minimum atomic E-state index is -0.419. The molecular weight excluding hydrogens is 342 g/mol. The highest BCUT2D eigenvalue weighted by Crippen LogP contribution is 2.28. The Hall–Kier alpha value is -3.74. The van der Waals surface area contributed by atoms with Crippen molar-refractivity contribution in [2.45, 2.75) is 0 Å². The fraction of sp³-hybridized carbons (Fsp3) is 0.100. The largest absolute Gasteiger partial charge is 0.465 e. The molecule has 0 amide bonds. The summed E-state index contributed by atoms with van der Waals surface area (Å²) in [6.07, 6.45) is 1.70. The number of benzene rings is 2. The van der Waals surface area contributed by atoms with Gasteiger partial charge in [0.05, 0.1) is 29.9 Å². The lowest BCUT2D eigenvalue weighted by atomic mass is 10.1. The van der Waals surface area contributed by atoms with Crippen molar-refractivity contribution in [1.29, 1.82) is 0 Å². The third-order valence-corrected chi connectivity index (χ3v) is 4.21. The van der Waals surface area contributed by atoms with Gasteiger partial charge >= 0.3 is 5.97 Å². The highest BCUT2D eigenvalue weighted by atomic mass is 16.5. The van der Waals surface area contributed by atoms with E-state index in [4.69, 9.17) is 4.74 Å². The van der Waals surface area contributed by atoms with Crippen molar-refractivity contribution in [3.63, 3.8) is 0 Å². The molecule has 0 aliphatic carbocycles. The molecule has 4 rings (SSSR count). The van der Waals surface area contributed by atoms with E-state index in [0.29, 0.717) is 28.5 Å². The van der Waals surface area contributed by atoms with Gasteiger partial charge in [-0.05, 0) is 12.1 Å². The summed E-state index contributed by atoms with van der Waals surface area (Å²) in [6, 6.07) is 16.8. The van der Waals surface area contributed by atoms with E-state index in [1.807, 2.05) is 43.4 Å². The zero-order chi connectivity index (χ0) is 18.8. The van der Waals surface area contributed by atoms with Gasteiger partial charge < -0.3 is 10.1 Å². The van der Waals surface area contributed by atoms with Crippen LogP contribution in [0.5, 0.6) is 0 Å². The highest BCUT2D eigenvalue weighted by Gasteiger charge is 2.16. The summed E-state index contributed by atoms with van der Waals surface area (Å²) < 4.78 is 6.57. The topological polar surface area (TPSA) is 81.9 Å². The lowest BCUT2D eigenvalue weighted by Gasteiger charge is -2.12. The number of hydrogen-bond acceptors (Lipinski definition) is 6. The summed E-state index contributed by atoms with van der Waals surface area (Å²) in [5.41, 5.74) is 2.62. The smallest absolute Gasteiger partial charge is 0.339 e. The van der Waals surface area contributed by atoms with Crippen LogP contribution in [0.2, 0.25) is 0 Å². The number of nitrogens with zero attached hydrogens (tertiary/aromatic N) is 4. The van der Waals surface area contributed by atoms with Gasteiger partial charge in [-0.3, -0.25) is 4.68 Å². The van der Waals surface area contributed by atoms with Gasteiger partial charge in [-0.1, -0.05) is 42.5 Å². The molecule has 2 heterocycles. The maximum atomic E-state index is 12.1. The number of nitrogens with one attached hydrogen (secondary N) is 1. The Morgan fingerprint density at radius 1 is 1.04 bits per heavy atom. The standard InChI is InChI=1S/C20H17N5O2/c1-25-19-15(12-21-25)18(23-17(24-19)13-8-4-3-5-9-13)22-16-11-7-6-10-14(16)20(26)27-2/h3-12H,1-2H3,(H,22,23,24). The molecule has 0 fully saturated rings. The zero-order valence-electron chi connectivity index (χ0n) is 14.9. The molecule has 2 aromatic heterocycles. The summed E-state index contributed by atoms with van der Waals surface area (Å²) in [4.78, 5) is 21.4. The van der Waals surface area contributed by atoms with Crippen molar-refractivity contribution in [3.8, 4) is 11.4 Å². The van der Waals surface area contributed by atoms with Crippen molar-refractivity contribution in [2.24, 2.45) is 7.05 Å². The Balaban J connectivity index is 1.86. The molecule has 27 heavy (non-hydrogen) atoms. The first-order chi connectivity index (χ1) is 13.2. The Kier molecular flexibility index (Phi) is 4.25. The lowest BCUT2D eigenvalue weighted by molar-refractivity contribution is 0.0602. The van der Waals surface area contributed by atoms with Crippen molar-refractivity contribution in [2.75, 3.05) is 12.4 Å². The Bertz CT molecular complexity index is 1120. The molecule has 0 saturated carbocycles. The van der Waals surface area contributed by atoms with Crippen molar-refractivity contribution in [3.05, 3.63) is 66.4 Å². The highest BCUT2D eigenvalue weighted by molar-refractivity contribution is 5.98. The molecule has 7 nitrogen and oxygen atoms in total. The summed E-state index contributed by atoms with van der Waals surface area (Å²) in [5, 5.41) is 8.30. The number of aryl methyl sites for hydroxylation is 1. The van der Waals surface area contributed by atoms with E-state index >= 15 is 0 Å². The number of rotatable bonds is 4. The molecule has 0 atom stereocenters. The third kappa shape index (κ3) is 3.10. The van der Waals surface area contributed by atoms with E-state index < -0.39 is 5.97 Å². The van der Waals surface area contributed by atoms with E-state index in [1.54, 1.807) is 29.1 Å². The number of ether oxygens (including phenoxy) is 1. The predicted octanol–water partition coefficient (Wildman–Crippen LogP) is 3.56. The number of anilines is 2. The molecule has 0 aliphatic rings. The minimum absolute atomic E-state index is 0.419. The number of esters is 1. The van der Waals surface area contributed by atoms with Gasteiger partial charge in [0.15, 0.2) is 11.5 Å². The van der Waals surface area contributed by atoms with Crippen LogP contribution in [0.15, 0.2) is 60.8 Å². The summed E-state index contributed by atoms with van der Waals surface area (Å²) in [6.45, 7) is 0. The fourth-order valence-corrected chi connectivity index (χ4v) is 2.84. The van der Waals surface area contributed by atoms with Crippen LogP contribution in [-0.2, 0) is 11.8 Å². The van der Waals surface area contributed by atoms with Crippen molar-refractivity contribution in [1.82, 2.24) is 19.7 Å². The number of fused-ring (bicyclic) bond motifs is 1. The van der Waals surface area contributed by atoms with Crippen LogP contribution in [0.3, 0.4) is 0 Å². The molecule has 134 valence electrons. The number of para-hydroxylation sites is 1. The average Bonchev–Trinajstić information content (AvgIpc) is 3.09. The fourth-order valence-electron chi connectivity index (χ4n) is 2.84. The van der Waals surface area contributed by atoms with Gasteiger partial charge in [-0.15, -0.1) is 0 Å². The molecule has 4 aromatic rings. The molecule has 0 spiro atoms. The van der Waals surface area contributed by atoms with E-state index in [0.717, 1.165) is 10.9 Å². The second-order valence-electron chi connectivity index (χ2n) is 5.93. The Morgan fingerprint density at radius 2 is 1.78 bits per heavy atom. The third-order valence-electron chi connectivity index (χ3n) is 4.21. The maximum Gasteiger partial charge on any atom is 0.339 e. The van der Waals surface area contributed by atoms with Gasteiger partial charge in [0.1, 0.15) is 5.82 Å². The molecule has 2 aromatic carbocycles. The van der Waals surface area contributed by atoms with Crippen LogP contribution in [0.4, 0.5) is 11.5 Å². The van der Waals surface area contributed by atoms with Gasteiger partial charge in [-0.2, -0.15) is 5.10 Å². The van der Waals surface area contributed by atoms with Gasteiger partial charge in [0.2, 0.25) is 0 Å². The second-order valence-corrected chi connectivity index (χ2v) is 5.93. The minimum Gasteiger partial charge on any atom is -0.465 e. The van der Waals surface area contributed by atoms with Crippen LogP contribution in [-0.4, -0.2) is 32.8 Å². The average molecular weight is 359 g/mol.